The van der Waals surface area contributed by atoms with Crippen molar-refractivity contribution in [3.63, 3.8) is 0 Å². The summed E-state index contributed by atoms with van der Waals surface area (Å²) < 4.78 is 16.3. The molecule has 0 spiro atoms. The van der Waals surface area contributed by atoms with Crippen LogP contribution in [0.2, 0.25) is 0 Å². The fourth-order valence-corrected chi connectivity index (χ4v) is 1.92. The van der Waals surface area contributed by atoms with Crippen LogP contribution in [-0.4, -0.2) is 13.7 Å². The number of ether oxygens (including phenoxy) is 3. The van der Waals surface area contributed by atoms with Crippen molar-refractivity contribution in [3.8, 4) is 23.3 Å². The van der Waals surface area contributed by atoms with Crippen LogP contribution in [0.3, 0.4) is 0 Å². The van der Waals surface area contributed by atoms with Crippen LogP contribution in [-0.2, 0) is 6.61 Å². The first-order valence-electron chi connectivity index (χ1n) is 6.69. The summed E-state index contributed by atoms with van der Waals surface area (Å²) in [6.07, 6.45) is 0. The zero-order chi connectivity index (χ0) is 15.1. The monoisotopic (exact) mass is 283 g/mol. The second-order valence-corrected chi connectivity index (χ2v) is 4.34. The van der Waals surface area contributed by atoms with E-state index in [0.29, 0.717) is 24.5 Å². The van der Waals surface area contributed by atoms with Gasteiger partial charge in [0.05, 0.1) is 19.3 Å². The third-order valence-electron chi connectivity index (χ3n) is 2.91. The van der Waals surface area contributed by atoms with Gasteiger partial charge in [0.15, 0.2) is 0 Å². The molecule has 2 aromatic rings. The van der Waals surface area contributed by atoms with Gasteiger partial charge in [0.25, 0.3) is 0 Å². The van der Waals surface area contributed by atoms with Crippen LogP contribution in [0.1, 0.15) is 18.1 Å². The Bertz CT molecular complexity index is 647. The lowest BCUT2D eigenvalue weighted by atomic mass is 10.1. The van der Waals surface area contributed by atoms with E-state index in [9.17, 15) is 0 Å². The van der Waals surface area contributed by atoms with Gasteiger partial charge in [0.1, 0.15) is 29.9 Å². The van der Waals surface area contributed by atoms with E-state index < -0.39 is 0 Å². The molecule has 0 fully saturated rings. The van der Waals surface area contributed by atoms with Crippen LogP contribution < -0.4 is 14.2 Å². The summed E-state index contributed by atoms with van der Waals surface area (Å²) in [7, 11) is 1.55. The maximum absolute atomic E-state index is 9.07. The molecule has 0 saturated heterocycles. The Morgan fingerprint density at radius 1 is 1.05 bits per heavy atom. The van der Waals surface area contributed by atoms with Gasteiger partial charge in [0, 0.05) is 6.07 Å². The summed E-state index contributed by atoms with van der Waals surface area (Å²) in [6.45, 7) is 2.94. The molecule has 0 radical (unpaired) electrons. The van der Waals surface area contributed by atoms with Gasteiger partial charge in [-0.05, 0) is 36.8 Å². The van der Waals surface area contributed by atoms with Crippen molar-refractivity contribution in [3.05, 3.63) is 53.6 Å². The largest absolute Gasteiger partial charge is 0.495 e. The number of hydrogen-bond acceptors (Lipinski definition) is 4. The van der Waals surface area contributed by atoms with Gasteiger partial charge < -0.3 is 14.2 Å². The summed E-state index contributed by atoms with van der Waals surface area (Å²) in [5.74, 6) is 2.08. The summed E-state index contributed by atoms with van der Waals surface area (Å²) in [6, 6.07) is 15.0. The minimum Gasteiger partial charge on any atom is -0.495 e. The first-order chi connectivity index (χ1) is 10.3. The Labute approximate surface area is 124 Å². The average molecular weight is 283 g/mol. The lowest BCUT2D eigenvalue weighted by Gasteiger charge is -2.10. The molecule has 108 valence electrons. The highest BCUT2D eigenvalue weighted by Crippen LogP contribution is 2.22. The minimum atomic E-state index is 0.383. The second-order valence-electron chi connectivity index (χ2n) is 4.34. The average Bonchev–Trinajstić information content (AvgIpc) is 2.53. The number of nitriles is 1. The normalized spacial score (nSPS) is 9.76. The fraction of sp³-hybridized carbons (Fsp3) is 0.235. The molecule has 0 saturated carbocycles. The van der Waals surface area contributed by atoms with Gasteiger partial charge in [-0.2, -0.15) is 5.26 Å². The standard InChI is InChI=1S/C17H17NO3/c1-3-20-15-5-4-6-16(10-15)21-12-13-7-8-17(19-2)14(9-13)11-18/h4-10H,3,12H2,1-2H3. The number of rotatable bonds is 6. The van der Waals surface area contributed by atoms with Crippen molar-refractivity contribution in [2.24, 2.45) is 0 Å². The summed E-state index contributed by atoms with van der Waals surface area (Å²) in [5.41, 5.74) is 1.41. The van der Waals surface area contributed by atoms with E-state index in [1.165, 1.54) is 0 Å². The summed E-state index contributed by atoms with van der Waals surface area (Å²) in [4.78, 5) is 0. The maximum atomic E-state index is 9.07. The highest BCUT2D eigenvalue weighted by Gasteiger charge is 2.04. The van der Waals surface area contributed by atoms with Crippen molar-refractivity contribution in [1.29, 1.82) is 5.26 Å². The van der Waals surface area contributed by atoms with Crippen LogP contribution in [0.5, 0.6) is 17.2 Å². The third-order valence-corrected chi connectivity index (χ3v) is 2.91. The smallest absolute Gasteiger partial charge is 0.136 e. The quantitative estimate of drug-likeness (QED) is 0.813. The predicted molar refractivity (Wildman–Crippen MR) is 79.7 cm³/mol. The first-order valence-corrected chi connectivity index (χ1v) is 6.69. The molecule has 0 amide bonds. The molecule has 4 nitrogen and oxygen atoms in total. The van der Waals surface area contributed by atoms with Crippen LogP contribution in [0.4, 0.5) is 0 Å². The van der Waals surface area contributed by atoms with E-state index in [4.69, 9.17) is 19.5 Å². The van der Waals surface area contributed by atoms with Gasteiger partial charge in [0.2, 0.25) is 0 Å². The maximum Gasteiger partial charge on any atom is 0.136 e. The topological polar surface area (TPSA) is 51.5 Å². The molecule has 0 aliphatic rings. The first kappa shape index (κ1) is 14.7. The minimum absolute atomic E-state index is 0.383. The Morgan fingerprint density at radius 3 is 2.48 bits per heavy atom. The Hall–Kier alpha value is -2.67. The molecule has 0 aliphatic heterocycles. The van der Waals surface area contributed by atoms with E-state index in [0.717, 1.165) is 17.1 Å². The summed E-state index contributed by atoms with van der Waals surface area (Å²) in [5, 5.41) is 9.07. The molecular weight excluding hydrogens is 266 g/mol. The molecule has 21 heavy (non-hydrogen) atoms. The molecule has 0 unspecified atom stereocenters. The van der Waals surface area contributed by atoms with Crippen LogP contribution in [0, 0.1) is 11.3 Å². The Kier molecular flexibility index (Phi) is 5.05. The van der Waals surface area contributed by atoms with Crippen LogP contribution >= 0.6 is 0 Å². The Morgan fingerprint density at radius 2 is 1.81 bits per heavy atom. The van der Waals surface area contributed by atoms with E-state index >= 15 is 0 Å². The van der Waals surface area contributed by atoms with Gasteiger partial charge in [-0.1, -0.05) is 12.1 Å². The molecule has 0 aromatic heterocycles. The highest BCUT2D eigenvalue weighted by atomic mass is 16.5. The molecule has 0 N–H and O–H groups in total. The molecule has 0 bridgehead atoms. The molecule has 0 atom stereocenters. The number of benzene rings is 2. The van der Waals surface area contributed by atoms with E-state index in [1.807, 2.05) is 37.3 Å². The predicted octanol–water partition coefficient (Wildman–Crippen LogP) is 3.54. The van der Waals surface area contributed by atoms with E-state index in [2.05, 4.69) is 6.07 Å². The lowest BCUT2D eigenvalue weighted by Crippen LogP contribution is -1.98. The van der Waals surface area contributed by atoms with Crippen molar-refractivity contribution in [2.45, 2.75) is 13.5 Å². The van der Waals surface area contributed by atoms with Crippen molar-refractivity contribution >= 4 is 0 Å². The third kappa shape index (κ3) is 3.90. The zero-order valence-corrected chi connectivity index (χ0v) is 12.1. The molecule has 2 aromatic carbocycles. The molecule has 0 aliphatic carbocycles. The number of hydrogen-bond donors (Lipinski definition) is 0. The van der Waals surface area contributed by atoms with Gasteiger partial charge in [-0.25, -0.2) is 0 Å². The van der Waals surface area contributed by atoms with Gasteiger partial charge in [-0.15, -0.1) is 0 Å². The SMILES string of the molecule is CCOc1cccc(OCc2ccc(OC)c(C#N)c2)c1. The fourth-order valence-electron chi connectivity index (χ4n) is 1.92. The molecule has 2 rings (SSSR count). The second kappa shape index (κ2) is 7.20. The van der Waals surface area contributed by atoms with Crippen LogP contribution in [0.15, 0.2) is 42.5 Å². The lowest BCUT2D eigenvalue weighted by molar-refractivity contribution is 0.299. The van der Waals surface area contributed by atoms with E-state index in [-0.39, 0.29) is 0 Å². The van der Waals surface area contributed by atoms with E-state index in [1.54, 1.807) is 19.2 Å². The molecule has 0 heterocycles. The van der Waals surface area contributed by atoms with Gasteiger partial charge >= 0.3 is 0 Å². The highest BCUT2D eigenvalue weighted by molar-refractivity contribution is 5.45. The Balaban J connectivity index is 2.06. The van der Waals surface area contributed by atoms with Gasteiger partial charge in [-0.3, -0.25) is 0 Å². The number of nitrogens with zero attached hydrogens (tertiary/aromatic N) is 1. The van der Waals surface area contributed by atoms with Crippen LogP contribution in [0.25, 0.3) is 0 Å². The molecular formula is C17H17NO3. The number of methoxy groups -OCH3 is 1. The van der Waals surface area contributed by atoms with Crippen molar-refractivity contribution in [2.75, 3.05) is 13.7 Å². The zero-order valence-electron chi connectivity index (χ0n) is 12.1. The summed E-state index contributed by atoms with van der Waals surface area (Å²) >= 11 is 0. The molecule has 4 heteroatoms. The van der Waals surface area contributed by atoms with Crippen molar-refractivity contribution < 1.29 is 14.2 Å². The van der Waals surface area contributed by atoms with Crippen molar-refractivity contribution in [1.82, 2.24) is 0 Å².